The van der Waals surface area contributed by atoms with Crippen molar-refractivity contribution in [1.82, 2.24) is 15.0 Å². The lowest BCUT2D eigenvalue weighted by molar-refractivity contribution is -0.157. The number of aromatic nitrogens is 3. The number of rotatable bonds is 6. The van der Waals surface area contributed by atoms with Crippen molar-refractivity contribution in [3.8, 4) is 11.4 Å². The molecular weight excluding hydrogens is 324 g/mol. The SMILES string of the molecule is Cc1cc(N=CC(C(=O)O)C(=O)OC(C)C)nc(-c2ccncc2)n1. The lowest BCUT2D eigenvalue weighted by Crippen LogP contribution is -2.29. The molecule has 0 aliphatic carbocycles. The molecule has 1 unspecified atom stereocenters. The molecule has 2 heterocycles. The number of aliphatic carboxylic acids is 1. The molecule has 1 N–H and O–H groups in total. The zero-order valence-electron chi connectivity index (χ0n) is 14.1. The van der Waals surface area contributed by atoms with Crippen molar-refractivity contribution in [3.63, 3.8) is 0 Å². The Morgan fingerprint density at radius 2 is 1.92 bits per heavy atom. The number of esters is 1. The van der Waals surface area contributed by atoms with E-state index in [4.69, 9.17) is 4.74 Å². The van der Waals surface area contributed by atoms with Gasteiger partial charge in [-0.3, -0.25) is 14.6 Å². The largest absolute Gasteiger partial charge is 0.480 e. The fraction of sp³-hybridized carbons (Fsp3) is 0.294. The molecule has 8 heteroatoms. The summed E-state index contributed by atoms with van der Waals surface area (Å²) in [4.78, 5) is 39.7. The minimum atomic E-state index is -1.50. The maximum absolute atomic E-state index is 11.8. The van der Waals surface area contributed by atoms with Gasteiger partial charge in [-0.15, -0.1) is 0 Å². The number of hydrogen-bond acceptors (Lipinski definition) is 7. The van der Waals surface area contributed by atoms with E-state index in [1.807, 2.05) is 0 Å². The van der Waals surface area contributed by atoms with Gasteiger partial charge in [0.1, 0.15) is 0 Å². The van der Waals surface area contributed by atoms with Gasteiger partial charge in [-0.05, 0) is 32.9 Å². The van der Waals surface area contributed by atoms with E-state index in [9.17, 15) is 14.7 Å². The first kappa shape index (κ1) is 18.2. The molecule has 2 aromatic rings. The zero-order chi connectivity index (χ0) is 18.4. The Kier molecular flexibility index (Phi) is 5.89. The highest BCUT2D eigenvalue weighted by molar-refractivity contribution is 6.08. The van der Waals surface area contributed by atoms with Crippen LogP contribution in [0.5, 0.6) is 0 Å². The average Bonchev–Trinajstić information content (AvgIpc) is 2.54. The van der Waals surface area contributed by atoms with Crippen LogP contribution in [-0.2, 0) is 14.3 Å². The number of carbonyl (C=O) groups is 2. The molecule has 1 atom stereocenters. The van der Waals surface area contributed by atoms with Crippen LogP contribution < -0.4 is 0 Å². The summed E-state index contributed by atoms with van der Waals surface area (Å²) in [5.74, 6) is -3.02. The molecule has 25 heavy (non-hydrogen) atoms. The van der Waals surface area contributed by atoms with Crippen LogP contribution in [0.1, 0.15) is 19.5 Å². The monoisotopic (exact) mass is 342 g/mol. The quantitative estimate of drug-likeness (QED) is 0.486. The van der Waals surface area contributed by atoms with Gasteiger partial charge < -0.3 is 9.84 Å². The maximum atomic E-state index is 11.8. The number of pyridine rings is 1. The second-order valence-electron chi connectivity index (χ2n) is 5.51. The molecule has 0 aromatic carbocycles. The Morgan fingerprint density at radius 3 is 2.52 bits per heavy atom. The predicted molar refractivity (Wildman–Crippen MR) is 90.5 cm³/mol. The smallest absolute Gasteiger partial charge is 0.326 e. The van der Waals surface area contributed by atoms with Crippen molar-refractivity contribution in [2.45, 2.75) is 26.9 Å². The molecule has 0 aliphatic rings. The average molecular weight is 342 g/mol. The van der Waals surface area contributed by atoms with Crippen molar-refractivity contribution in [2.75, 3.05) is 0 Å². The number of hydrogen-bond donors (Lipinski definition) is 1. The van der Waals surface area contributed by atoms with Gasteiger partial charge in [0.05, 0.1) is 6.10 Å². The molecule has 8 nitrogen and oxygen atoms in total. The van der Waals surface area contributed by atoms with Crippen LogP contribution in [0.15, 0.2) is 35.6 Å². The third-order valence-corrected chi connectivity index (χ3v) is 3.01. The van der Waals surface area contributed by atoms with E-state index in [2.05, 4.69) is 19.9 Å². The van der Waals surface area contributed by atoms with Gasteiger partial charge in [0, 0.05) is 35.9 Å². The van der Waals surface area contributed by atoms with Crippen LogP contribution in [-0.4, -0.2) is 44.3 Å². The summed E-state index contributed by atoms with van der Waals surface area (Å²) in [7, 11) is 0. The van der Waals surface area contributed by atoms with Gasteiger partial charge in [-0.2, -0.15) is 0 Å². The number of nitrogens with zero attached hydrogens (tertiary/aromatic N) is 4. The molecule has 0 bridgehead atoms. The first-order valence-electron chi connectivity index (χ1n) is 7.60. The van der Waals surface area contributed by atoms with Crippen molar-refractivity contribution in [3.05, 3.63) is 36.3 Å². The van der Waals surface area contributed by atoms with Gasteiger partial charge in [0.25, 0.3) is 0 Å². The highest BCUT2D eigenvalue weighted by Crippen LogP contribution is 2.18. The van der Waals surface area contributed by atoms with E-state index in [0.717, 1.165) is 11.8 Å². The van der Waals surface area contributed by atoms with Crippen LogP contribution in [0.25, 0.3) is 11.4 Å². The zero-order valence-corrected chi connectivity index (χ0v) is 14.1. The van der Waals surface area contributed by atoms with Crippen molar-refractivity contribution in [1.29, 1.82) is 0 Å². The van der Waals surface area contributed by atoms with Crippen molar-refractivity contribution in [2.24, 2.45) is 10.9 Å². The minimum absolute atomic E-state index is 0.253. The molecule has 0 spiro atoms. The van der Waals surface area contributed by atoms with Gasteiger partial charge in [0.15, 0.2) is 17.6 Å². The molecular formula is C17H18N4O4. The lowest BCUT2D eigenvalue weighted by atomic mass is 10.2. The van der Waals surface area contributed by atoms with E-state index in [1.54, 1.807) is 51.4 Å². The highest BCUT2D eigenvalue weighted by atomic mass is 16.5. The molecule has 0 aliphatic heterocycles. The molecule has 0 radical (unpaired) electrons. The highest BCUT2D eigenvalue weighted by Gasteiger charge is 2.26. The number of aliphatic imine (C=N–C) groups is 1. The van der Waals surface area contributed by atoms with E-state index in [1.165, 1.54) is 0 Å². The Labute approximate surface area is 144 Å². The topological polar surface area (TPSA) is 115 Å². The van der Waals surface area contributed by atoms with Crippen molar-refractivity contribution < 1.29 is 19.4 Å². The summed E-state index contributed by atoms with van der Waals surface area (Å²) >= 11 is 0. The first-order chi connectivity index (χ1) is 11.9. The number of aryl methyl sites for hydroxylation is 1. The van der Waals surface area contributed by atoms with E-state index in [-0.39, 0.29) is 5.82 Å². The summed E-state index contributed by atoms with van der Waals surface area (Å²) < 4.78 is 4.93. The van der Waals surface area contributed by atoms with Gasteiger partial charge in [0.2, 0.25) is 0 Å². The number of carboxylic acid groups (broad SMARTS) is 1. The first-order valence-corrected chi connectivity index (χ1v) is 7.60. The summed E-state index contributed by atoms with van der Waals surface area (Å²) in [6.07, 6.45) is 3.84. The Hall–Kier alpha value is -3.16. The Morgan fingerprint density at radius 1 is 1.24 bits per heavy atom. The molecule has 0 amide bonds. The standard InChI is InChI=1S/C17H18N4O4/c1-10(2)25-17(24)13(16(22)23)9-19-14-8-11(3)20-15(21-14)12-4-6-18-7-5-12/h4-10,13H,1-3H3,(H,22,23). The second kappa shape index (κ2) is 8.09. The fourth-order valence-electron chi connectivity index (χ4n) is 1.93. The summed E-state index contributed by atoms with van der Waals surface area (Å²) in [5, 5.41) is 9.19. The summed E-state index contributed by atoms with van der Waals surface area (Å²) in [5.41, 5.74) is 1.41. The van der Waals surface area contributed by atoms with Gasteiger partial charge >= 0.3 is 11.9 Å². The number of ether oxygens (including phenoxy) is 1. The van der Waals surface area contributed by atoms with Crippen LogP contribution in [0.2, 0.25) is 0 Å². The van der Waals surface area contributed by atoms with Crippen LogP contribution in [0.4, 0.5) is 5.82 Å². The molecule has 0 saturated heterocycles. The molecule has 130 valence electrons. The predicted octanol–water partition coefficient (Wildman–Crippen LogP) is 2.20. The molecule has 0 saturated carbocycles. The van der Waals surface area contributed by atoms with Crippen LogP contribution in [0.3, 0.4) is 0 Å². The third-order valence-electron chi connectivity index (χ3n) is 3.01. The normalized spacial score (nSPS) is 12.3. The molecule has 2 rings (SSSR count). The minimum Gasteiger partial charge on any atom is -0.480 e. The summed E-state index contributed by atoms with van der Waals surface area (Å²) in [6, 6.07) is 5.10. The van der Waals surface area contributed by atoms with Crippen LogP contribution >= 0.6 is 0 Å². The van der Waals surface area contributed by atoms with Crippen LogP contribution in [0, 0.1) is 12.8 Å². The lowest BCUT2D eigenvalue weighted by Gasteiger charge is -2.10. The molecule has 0 fully saturated rings. The maximum Gasteiger partial charge on any atom is 0.326 e. The van der Waals surface area contributed by atoms with E-state index >= 15 is 0 Å². The second-order valence-corrected chi connectivity index (χ2v) is 5.51. The number of carbonyl (C=O) groups excluding carboxylic acids is 1. The summed E-state index contributed by atoms with van der Waals surface area (Å²) in [6.45, 7) is 5.05. The van der Waals surface area contributed by atoms with Crippen molar-refractivity contribution >= 4 is 24.0 Å². The van der Waals surface area contributed by atoms with E-state index in [0.29, 0.717) is 11.5 Å². The Bertz CT molecular complexity index is 790. The van der Waals surface area contributed by atoms with Gasteiger partial charge in [-0.1, -0.05) is 0 Å². The third kappa shape index (κ3) is 5.17. The Balaban J connectivity index is 2.29. The fourth-order valence-corrected chi connectivity index (χ4v) is 1.93. The van der Waals surface area contributed by atoms with Gasteiger partial charge in [-0.25, -0.2) is 15.0 Å². The van der Waals surface area contributed by atoms with E-state index < -0.39 is 24.0 Å². The number of carboxylic acids is 1. The molecule has 2 aromatic heterocycles.